The molecule has 0 bridgehead atoms. The van der Waals surface area contributed by atoms with Gasteiger partial charge in [0, 0.05) is 16.5 Å². The summed E-state index contributed by atoms with van der Waals surface area (Å²) in [6.07, 6.45) is 1.54. The Bertz CT molecular complexity index is 1020. The maximum atomic E-state index is 12.9. The fourth-order valence-electron chi connectivity index (χ4n) is 3.17. The van der Waals surface area contributed by atoms with Gasteiger partial charge in [0.25, 0.3) is 11.3 Å². The number of hydrogen-bond donors (Lipinski definition) is 0. The summed E-state index contributed by atoms with van der Waals surface area (Å²) in [6.45, 7) is 5.53. The van der Waals surface area contributed by atoms with E-state index in [-0.39, 0.29) is 16.9 Å². The molecule has 0 fully saturated rings. The summed E-state index contributed by atoms with van der Waals surface area (Å²) in [6, 6.07) is 12.0. The van der Waals surface area contributed by atoms with E-state index >= 15 is 0 Å². The molecule has 0 saturated heterocycles. The first-order chi connectivity index (χ1) is 12.0. The summed E-state index contributed by atoms with van der Waals surface area (Å²) < 4.78 is 1.30. The second-order valence-electron chi connectivity index (χ2n) is 6.03. The van der Waals surface area contributed by atoms with Gasteiger partial charge in [-0.05, 0) is 37.0 Å². The zero-order valence-electron chi connectivity index (χ0n) is 14.6. The van der Waals surface area contributed by atoms with Gasteiger partial charge in [-0.3, -0.25) is 4.79 Å². The van der Waals surface area contributed by atoms with E-state index in [2.05, 4.69) is 0 Å². The number of aromatic nitrogens is 2. The molecule has 0 spiro atoms. The maximum Gasteiger partial charge on any atom is 0.329 e. The Kier molecular flexibility index (Phi) is 4.40. The van der Waals surface area contributed by atoms with Gasteiger partial charge >= 0.3 is 5.69 Å². The predicted molar refractivity (Wildman–Crippen MR) is 97.4 cm³/mol. The Balaban J connectivity index is 2.35. The summed E-state index contributed by atoms with van der Waals surface area (Å²) in [5.41, 5.74) is 2.96. The lowest BCUT2D eigenvalue weighted by Gasteiger charge is -2.18. The van der Waals surface area contributed by atoms with Gasteiger partial charge in [0.2, 0.25) is 0 Å². The summed E-state index contributed by atoms with van der Waals surface area (Å²) in [7, 11) is 0. The Morgan fingerprint density at radius 2 is 1.68 bits per heavy atom. The van der Waals surface area contributed by atoms with Crippen LogP contribution in [-0.4, -0.2) is 10.5 Å². The van der Waals surface area contributed by atoms with Crippen LogP contribution < -0.4 is 4.43 Å². The average Bonchev–Trinajstić information content (AvgIpc) is 2.65. The molecule has 5 nitrogen and oxygen atoms in total. The molecule has 0 radical (unpaired) electrons. The minimum atomic E-state index is -0.447. The van der Waals surface area contributed by atoms with Gasteiger partial charge in [0.15, 0.2) is 0 Å². The molecule has 0 aliphatic heterocycles. The molecule has 0 amide bonds. The molecule has 3 aromatic rings. The van der Waals surface area contributed by atoms with Gasteiger partial charge in [-0.2, -0.15) is 0 Å². The molecule has 1 aromatic heterocycles. The predicted octanol–water partition coefficient (Wildman–Crippen LogP) is 3.57. The number of hydrogen-bond acceptors (Lipinski definition) is 3. The molecule has 0 N–H and O–H groups in total. The molecule has 0 saturated carbocycles. The number of nitrogens with zero attached hydrogens (tertiary/aromatic N) is 2. The first kappa shape index (κ1) is 16.9. The molecule has 1 heterocycles. The van der Waals surface area contributed by atoms with E-state index < -0.39 is 5.78 Å². The van der Waals surface area contributed by atoms with Crippen LogP contribution in [0.15, 0.2) is 42.5 Å². The highest BCUT2D eigenvalue weighted by Gasteiger charge is 2.28. The third-order valence-corrected chi connectivity index (χ3v) is 4.60. The number of carbonyl (C=O) groups excluding carboxylic acids is 1. The number of aryl methyl sites for hydroxylation is 2. The fourth-order valence-corrected chi connectivity index (χ4v) is 3.17. The van der Waals surface area contributed by atoms with Gasteiger partial charge in [0.05, 0.1) is 10.1 Å². The number of benzene rings is 2. The zero-order chi connectivity index (χ0) is 18.1. The molecule has 0 aliphatic carbocycles. The van der Waals surface area contributed by atoms with Crippen LogP contribution in [0.1, 0.15) is 46.7 Å². The van der Waals surface area contributed by atoms with Crippen LogP contribution in [0.5, 0.6) is 0 Å². The van der Waals surface area contributed by atoms with Crippen molar-refractivity contribution in [2.45, 2.75) is 33.6 Å². The topological polar surface area (TPSA) is 68.0 Å². The van der Waals surface area contributed by atoms with E-state index in [0.717, 1.165) is 24.0 Å². The first-order valence-electron chi connectivity index (χ1n) is 8.40. The van der Waals surface area contributed by atoms with Crippen molar-refractivity contribution >= 4 is 16.8 Å². The molecular formula is C20H20N2O3. The summed E-state index contributed by atoms with van der Waals surface area (Å²) in [5.74, 6) is -0.447. The van der Waals surface area contributed by atoms with E-state index in [1.54, 1.807) is 42.5 Å². The van der Waals surface area contributed by atoms with Crippen molar-refractivity contribution in [2.24, 2.45) is 0 Å². The van der Waals surface area contributed by atoms with Crippen LogP contribution in [0.2, 0.25) is 0 Å². The van der Waals surface area contributed by atoms with Crippen molar-refractivity contribution in [1.29, 1.82) is 0 Å². The van der Waals surface area contributed by atoms with Gasteiger partial charge in [-0.15, -0.1) is 0 Å². The monoisotopic (exact) mass is 336 g/mol. The second-order valence-corrected chi connectivity index (χ2v) is 6.03. The highest BCUT2D eigenvalue weighted by Crippen LogP contribution is 2.22. The Hall–Kier alpha value is -2.95. The summed E-state index contributed by atoms with van der Waals surface area (Å²) in [4.78, 5) is 25.7. The summed E-state index contributed by atoms with van der Waals surface area (Å²) >= 11 is 0. The Morgan fingerprint density at radius 1 is 1.08 bits per heavy atom. The summed E-state index contributed by atoms with van der Waals surface area (Å²) in [5, 5.41) is 12.7. The van der Waals surface area contributed by atoms with Crippen LogP contribution in [0.3, 0.4) is 0 Å². The van der Waals surface area contributed by atoms with Crippen molar-refractivity contribution in [3.63, 3.8) is 0 Å². The molecule has 0 unspecified atom stereocenters. The lowest BCUT2D eigenvalue weighted by molar-refractivity contribution is -0.468. The minimum absolute atomic E-state index is 0.114. The molecule has 5 heteroatoms. The lowest BCUT2D eigenvalue weighted by atomic mass is 10.0. The quantitative estimate of drug-likeness (QED) is 0.540. The highest BCUT2D eigenvalue weighted by molar-refractivity contribution is 6.07. The third kappa shape index (κ3) is 2.71. The van der Waals surface area contributed by atoms with Gasteiger partial charge in [-0.1, -0.05) is 44.2 Å². The van der Waals surface area contributed by atoms with E-state index in [1.165, 1.54) is 6.92 Å². The normalized spacial score (nSPS) is 11.0. The van der Waals surface area contributed by atoms with E-state index in [9.17, 15) is 14.9 Å². The van der Waals surface area contributed by atoms with Crippen LogP contribution in [0.25, 0.3) is 11.0 Å². The number of carbonyl (C=O) groups is 1. The molecular weight excluding hydrogens is 316 g/mol. The van der Waals surface area contributed by atoms with E-state index in [4.69, 9.17) is 0 Å². The fraction of sp³-hybridized carbons (Fsp3) is 0.250. The molecule has 0 atom stereocenters. The van der Waals surface area contributed by atoms with Crippen molar-refractivity contribution < 1.29 is 9.22 Å². The smallest absolute Gasteiger partial charge is 0.329 e. The van der Waals surface area contributed by atoms with E-state index in [0.29, 0.717) is 20.2 Å². The van der Waals surface area contributed by atoms with Gasteiger partial charge in [-0.25, -0.2) is 0 Å². The SMILES string of the molecule is CCc1cc2c(cc1CC)[n+](=O)c(C(=O)c1ccccc1)c(C)n2[O-]. The second kappa shape index (κ2) is 6.51. The number of ketones is 1. The Morgan fingerprint density at radius 3 is 2.28 bits per heavy atom. The van der Waals surface area contributed by atoms with Gasteiger partial charge < -0.3 is 9.94 Å². The first-order valence-corrected chi connectivity index (χ1v) is 8.40. The minimum Gasteiger partial charge on any atom is -0.805 e. The third-order valence-electron chi connectivity index (χ3n) is 4.60. The average molecular weight is 336 g/mol. The van der Waals surface area contributed by atoms with Crippen LogP contribution in [0.4, 0.5) is 0 Å². The molecule has 128 valence electrons. The highest BCUT2D eigenvalue weighted by atomic mass is 16.5. The maximum absolute atomic E-state index is 12.9. The molecule has 0 aliphatic rings. The molecule has 25 heavy (non-hydrogen) atoms. The van der Waals surface area contributed by atoms with Crippen molar-refractivity contribution in [1.82, 2.24) is 4.73 Å². The van der Waals surface area contributed by atoms with Crippen molar-refractivity contribution in [2.75, 3.05) is 0 Å². The molecule has 2 aromatic carbocycles. The Labute approximate surface area is 145 Å². The largest absolute Gasteiger partial charge is 0.805 e. The van der Waals surface area contributed by atoms with Gasteiger partial charge in [0.1, 0.15) is 5.52 Å². The van der Waals surface area contributed by atoms with Crippen LogP contribution in [0, 0.1) is 17.0 Å². The molecule has 3 rings (SSSR count). The zero-order valence-corrected chi connectivity index (χ0v) is 14.6. The number of rotatable bonds is 4. The van der Waals surface area contributed by atoms with Crippen molar-refractivity contribution in [3.05, 3.63) is 80.7 Å². The lowest BCUT2D eigenvalue weighted by Crippen LogP contribution is -2.31. The number of fused-ring (bicyclic) bond motifs is 1. The van der Waals surface area contributed by atoms with Crippen LogP contribution >= 0.6 is 0 Å². The van der Waals surface area contributed by atoms with Crippen molar-refractivity contribution in [3.8, 4) is 0 Å². The van der Waals surface area contributed by atoms with Crippen LogP contribution in [-0.2, 0) is 12.8 Å². The standard InChI is InChI=1S/C20H20N2O3/c1-4-14-11-17-18(12-15(14)5-2)22(25)19(13(3)21(17)24)20(23)16-9-7-6-8-10-16/h6-12H,4-5H2,1-3H3. The van der Waals surface area contributed by atoms with E-state index in [1.807, 2.05) is 13.8 Å².